The van der Waals surface area contributed by atoms with Crippen molar-refractivity contribution in [3.63, 3.8) is 0 Å². The number of ether oxygens (including phenoxy) is 1. The number of methoxy groups -OCH3 is 1. The van der Waals surface area contributed by atoms with Crippen molar-refractivity contribution in [3.8, 4) is 11.4 Å². The van der Waals surface area contributed by atoms with Gasteiger partial charge in [-0.3, -0.25) is 5.41 Å². The van der Waals surface area contributed by atoms with Crippen molar-refractivity contribution >= 4 is 38.4 Å². The van der Waals surface area contributed by atoms with E-state index in [9.17, 15) is 13.2 Å². The van der Waals surface area contributed by atoms with E-state index in [0.717, 1.165) is 19.0 Å². The molecular formula is C27H26BrF4N7O. The third-order valence-electron chi connectivity index (χ3n) is 6.73. The smallest absolute Gasteiger partial charge is 0.434 e. The van der Waals surface area contributed by atoms with Crippen LogP contribution >= 0.6 is 15.9 Å². The molecule has 1 saturated carbocycles. The van der Waals surface area contributed by atoms with E-state index in [4.69, 9.17) is 15.9 Å². The molecule has 1 aliphatic rings. The fourth-order valence-electron chi connectivity index (χ4n) is 4.49. The lowest BCUT2D eigenvalue weighted by Crippen LogP contribution is -2.15. The molecule has 3 heterocycles. The first kappa shape index (κ1) is 27.8. The number of benzene rings is 1. The lowest BCUT2D eigenvalue weighted by Gasteiger charge is -2.13. The molecule has 0 saturated heterocycles. The van der Waals surface area contributed by atoms with E-state index in [1.165, 1.54) is 23.8 Å². The average molecular weight is 620 g/mol. The van der Waals surface area contributed by atoms with Gasteiger partial charge in [0.1, 0.15) is 17.3 Å². The van der Waals surface area contributed by atoms with Gasteiger partial charge in [-0.25, -0.2) is 19.3 Å². The number of rotatable bonds is 7. The predicted molar refractivity (Wildman–Crippen MR) is 146 cm³/mol. The third-order valence-corrected chi connectivity index (χ3v) is 7.37. The molecule has 210 valence electrons. The number of alkyl halides is 3. The van der Waals surface area contributed by atoms with Gasteiger partial charge in [-0.05, 0) is 66.2 Å². The van der Waals surface area contributed by atoms with Crippen molar-refractivity contribution in [2.45, 2.75) is 45.5 Å². The van der Waals surface area contributed by atoms with Crippen LogP contribution in [0.15, 0.2) is 47.0 Å². The molecule has 1 fully saturated rings. The summed E-state index contributed by atoms with van der Waals surface area (Å²) >= 11 is 3.51. The molecule has 0 atom stereocenters. The number of hydrogen-bond donors (Lipinski definition) is 2. The molecule has 3 aromatic heterocycles. The second kappa shape index (κ2) is 10.3. The van der Waals surface area contributed by atoms with Crippen LogP contribution in [0.1, 0.15) is 49.8 Å². The summed E-state index contributed by atoms with van der Waals surface area (Å²) in [5.74, 6) is -0.514. The molecule has 0 aliphatic heterocycles. The summed E-state index contributed by atoms with van der Waals surface area (Å²) in [6.07, 6.45) is 1.51. The Labute approximate surface area is 235 Å². The Morgan fingerprint density at radius 1 is 1.23 bits per heavy atom. The summed E-state index contributed by atoms with van der Waals surface area (Å²) in [7, 11) is 1.38. The molecule has 3 N–H and O–H groups in total. The maximum absolute atomic E-state index is 15.3. The van der Waals surface area contributed by atoms with Crippen molar-refractivity contribution < 1.29 is 22.3 Å². The van der Waals surface area contributed by atoms with Crippen LogP contribution in [-0.4, -0.2) is 37.1 Å². The van der Waals surface area contributed by atoms with Gasteiger partial charge in [0.25, 0.3) is 0 Å². The van der Waals surface area contributed by atoms with Crippen molar-refractivity contribution in [2.75, 3.05) is 7.11 Å². The Hall–Kier alpha value is -3.74. The number of aromatic nitrogens is 5. The predicted octanol–water partition coefficient (Wildman–Crippen LogP) is 6.55. The maximum atomic E-state index is 15.3. The lowest BCUT2D eigenvalue weighted by atomic mass is 10.1. The standard InChI is InChI=1S/C27H26BrF4N7O/c1-13(2)39-12-20(27(30,31)32)36-26(39)16-7-4-14(8-19(16)29)10-38-11-18(28)17-9-35-24(37-25(17)38)21(23(34)40-3)22(33)15-5-6-15/h4,7-9,11-13,15,34H,5-6,10,33H2,1-3H3. The minimum absolute atomic E-state index is 0.0282. The van der Waals surface area contributed by atoms with Gasteiger partial charge in [0.2, 0.25) is 5.90 Å². The van der Waals surface area contributed by atoms with Gasteiger partial charge in [-0.1, -0.05) is 6.07 Å². The minimum atomic E-state index is -4.64. The van der Waals surface area contributed by atoms with Crippen molar-refractivity contribution in [3.05, 3.63) is 69.9 Å². The fourth-order valence-corrected chi connectivity index (χ4v) is 5.02. The molecule has 0 bridgehead atoms. The summed E-state index contributed by atoms with van der Waals surface area (Å²) < 4.78 is 64.2. The molecule has 1 aromatic carbocycles. The summed E-state index contributed by atoms with van der Waals surface area (Å²) in [5.41, 5.74) is 7.16. The van der Waals surface area contributed by atoms with E-state index in [0.29, 0.717) is 32.3 Å². The van der Waals surface area contributed by atoms with Gasteiger partial charge >= 0.3 is 6.18 Å². The van der Waals surface area contributed by atoms with Crippen LogP contribution in [0, 0.1) is 17.1 Å². The van der Waals surface area contributed by atoms with Crippen LogP contribution in [0.3, 0.4) is 0 Å². The van der Waals surface area contributed by atoms with E-state index in [2.05, 4.69) is 30.9 Å². The molecule has 13 heteroatoms. The molecule has 8 nitrogen and oxygen atoms in total. The van der Waals surface area contributed by atoms with Crippen LogP contribution in [0.2, 0.25) is 0 Å². The zero-order valence-corrected chi connectivity index (χ0v) is 23.4. The molecular weight excluding hydrogens is 594 g/mol. The molecule has 1 aliphatic carbocycles. The van der Waals surface area contributed by atoms with E-state index >= 15 is 4.39 Å². The third kappa shape index (κ3) is 5.21. The molecule has 0 unspecified atom stereocenters. The first-order valence-corrected chi connectivity index (χ1v) is 13.3. The van der Waals surface area contributed by atoms with Crippen LogP contribution in [0.4, 0.5) is 17.6 Å². The van der Waals surface area contributed by atoms with Crippen LogP contribution < -0.4 is 5.73 Å². The molecule has 0 spiro atoms. The number of nitrogens with one attached hydrogen (secondary N) is 1. The van der Waals surface area contributed by atoms with Gasteiger partial charge < -0.3 is 19.6 Å². The zero-order valence-electron chi connectivity index (χ0n) is 21.9. The molecule has 0 radical (unpaired) electrons. The highest BCUT2D eigenvalue weighted by Crippen LogP contribution is 2.38. The number of fused-ring (bicyclic) bond motifs is 1. The van der Waals surface area contributed by atoms with E-state index in [1.54, 1.807) is 36.9 Å². The van der Waals surface area contributed by atoms with Gasteiger partial charge in [0.05, 0.1) is 23.6 Å². The van der Waals surface area contributed by atoms with E-state index < -0.39 is 17.7 Å². The fraction of sp³-hybridized carbons (Fsp3) is 0.333. The molecule has 4 aromatic rings. The Bertz CT molecular complexity index is 1650. The highest BCUT2D eigenvalue weighted by Gasteiger charge is 2.35. The molecule has 0 amide bonds. The summed E-state index contributed by atoms with van der Waals surface area (Å²) in [4.78, 5) is 12.8. The highest BCUT2D eigenvalue weighted by molar-refractivity contribution is 9.10. The Kier molecular flexibility index (Phi) is 7.19. The number of halogens is 5. The SMILES string of the molecule is COC(=N)C(=C(N)C1CC1)c1ncc2c(Br)cn(Cc3ccc(-c4nc(C(F)(F)F)cn4C(C)C)c(F)c3)c2n1. The Morgan fingerprint density at radius 2 is 1.95 bits per heavy atom. The number of nitrogens with zero attached hydrogens (tertiary/aromatic N) is 5. The van der Waals surface area contributed by atoms with Crippen molar-refractivity contribution in [1.82, 2.24) is 24.1 Å². The van der Waals surface area contributed by atoms with Gasteiger partial charge in [-0.2, -0.15) is 13.2 Å². The zero-order chi connectivity index (χ0) is 28.9. The normalized spacial score (nSPS) is 14.6. The quantitative estimate of drug-likeness (QED) is 0.139. The summed E-state index contributed by atoms with van der Waals surface area (Å²) in [5, 5.41) is 8.96. The van der Waals surface area contributed by atoms with Crippen LogP contribution in [-0.2, 0) is 17.5 Å². The van der Waals surface area contributed by atoms with Gasteiger partial charge in [0, 0.05) is 41.3 Å². The number of imidazole rings is 1. The number of nitrogens with two attached hydrogens (primary N) is 1. The first-order valence-electron chi connectivity index (χ1n) is 12.5. The van der Waals surface area contributed by atoms with Crippen molar-refractivity contribution in [1.29, 1.82) is 5.41 Å². The van der Waals surface area contributed by atoms with Gasteiger partial charge in [0.15, 0.2) is 11.5 Å². The number of allylic oxidation sites excluding steroid dienone is 1. The number of hydrogen-bond acceptors (Lipinski definition) is 6. The summed E-state index contributed by atoms with van der Waals surface area (Å²) in [6, 6.07) is 4.00. The average Bonchev–Trinajstić information content (AvgIpc) is 3.57. The second-order valence-electron chi connectivity index (χ2n) is 9.94. The molecule has 5 rings (SSSR count). The topological polar surface area (TPSA) is 108 Å². The Balaban J connectivity index is 1.52. The van der Waals surface area contributed by atoms with E-state index in [-0.39, 0.29) is 41.6 Å². The highest BCUT2D eigenvalue weighted by atomic mass is 79.9. The monoisotopic (exact) mass is 619 g/mol. The first-order chi connectivity index (χ1) is 18.9. The largest absolute Gasteiger partial charge is 0.481 e. The van der Waals surface area contributed by atoms with Gasteiger partial charge in [-0.15, -0.1) is 0 Å². The van der Waals surface area contributed by atoms with Crippen molar-refractivity contribution in [2.24, 2.45) is 11.7 Å². The second-order valence-corrected chi connectivity index (χ2v) is 10.8. The summed E-state index contributed by atoms with van der Waals surface area (Å²) in [6.45, 7) is 3.62. The van der Waals surface area contributed by atoms with E-state index in [1.807, 2.05) is 0 Å². The maximum Gasteiger partial charge on any atom is 0.434 e. The van der Waals surface area contributed by atoms with Crippen LogP contribution in [0.5, 0.6) is 0 Å². The lowest BCUT2D eigenvalue weighted by molar-refractivity contribution is -0.140. The Morgan fingerprint density at radius 3 is 2.55 bits per heavy atom. The van der Waals surface area contributed by atoms with Crippen LogP contribution in [0.25, 0.3) is 28.0 Å². The minimum Gasteiger partial charge on any atom is -0.481 e. The molecule has 40 heavy (non-hydrogen) atoms.